The third kappa shape index (κ3) is 4.42. The minimum atomic E-state index is -3.42. The van der Waals surface area contributed by atoms with Crippen LogP contribution >= 0.6 is 11.3 Å². The Hall–Kier alpha value is -1.16. The van der Waals surface area contributed by atoms with Crippen molar-refractivity contribution < 1.29 is 17.9 Å². The van der Waals surface area contributed by atoms with E-state index in [9.17, 15) is 13.2 Å². The Morgan fingerprint density at radius 2 is 2.27 bits per heavy atom. The average molecular weight is 347 g/mol. The molecule has 0 bridgehead atoms. The predicted octanol–water partition coefficient (Wildman–Crippen LogP) is 1.02. The highest BCUT2D eigenvalue weighted by atomic mass is 32.2. The zero-order chi connectivity index (χ0) is 16.2. The first-order valence-electron chi connectivity index (χ1n) is 7.10. The van der Waals surface area contributed by atoms with Gasteiger partial charge in [-0.25, -0.2) is 17.9 Å². The molecule has 2 heterocycles. The van der Waals surface area contributed by atoms with E-state index in [4.69, 9.17) is 4.74 Å². The van der Waals surface area contributed by atoms with Crippen molar-refractivity contribution in [2.75, 3.05) is 13.7 Å². The second-order valence-corrected chi connectivity index (χ2v) is 8.38. The summed E-state index contributed by atoms with van der Waals surface area (Å²) >= 11 is 1.13. The lowest BCUT2D eigenvalue weighted by Crippen LogP contribution is -2.45. The van der Waals surface area contributed by atoms with Crippen LogP contribution in [0.5, 0.6) is 0 Å². The van der Waals surface area contributed by atoms with Gasteiger partial charge in [-0.1, -0.05) is 0 Å². The van der Waals surface area contributed by atoms with Gasteiger partial charge in [-0.3, -0.25) is 0 Å². The topological polar surface area (TPSA) is 96.5 Å². The number of rotatable bonds is 6. The quantitative estimate of drug-likeness (QED) is 0.716. The summed E-state index contributed by atoms with van der Waals surface area (Å²) < 4.78 is 31.3. The van der Waals surface area contributed by atoms with Gasteiger partial charge in [0.25, 0.3) is 0 Å². The zero-order valence-corrected chi connectivity index (χ0v) is 14.2. The van der Waals surface area contributed by atoms with Gasteiger partial charge < -0.3 is 15.4 Å². The maximum Gasteiger partial charge on any atom is 0.315 e. The second-order valence-electron chi connectivity index (χ2n) is 5.10. The van der Waals surface area contributed by atoms with E-state index in [-0.39, 0.29) is 28.9 Å². The monoisotopic (exact) mass is 347 g/mol. The summed E-state index contributed by atoms with van der Waals surface area (Å²) in [5.41, 5.74) is 0. The number of nitrogens with one attached hydrogen (secondary N) is 3. The third-order valence-corrected chi connectivity index (χ3v) is 6.47. The van der Waals surface area contributed by atoms with E-state index in [1.54, 1.807) is 6.07 Å². The number of hydrogen-bond donors (Lipinski definition) is 3. The van der Waals surface area contributed by atoms with Gasteiger partial charge in [0.15, 0.2) is 0 Å². The Bertz CT molecular complexity index is 609. The van der Waals surface area contributed by atoms with Crippen LogP contribution in [0.15, 0.2) is 16.3 Å². The zero-order valence-electron chi connectivity index (χ0n) is 12.6. The first kappa shape index (κ1) is 17.2. The molecule has 1 saturated heterocycles. The fourth-order valence-corrected chi connectivity index (χ4v) is 4.35. The number of hydrogen-bond acceptors (Lipinski definition) is 5. The van der Waals surface area contributed by atoms with Crippen LogP contribution in [-0.2, 0) is 21.3 Å². The first-order chi connectivity index (χ1) is 10.4. The summed E-state index contributed by atoms with van der Waals surface area (Å²) in [5, 5.41) is 5.56. The molecule has 0 saturated carbocycles. The SMILES string of the molecule is CNS(=O)(=O)c1ccc(CNC(=O)N[C@@H](C)[C@@H]2CCCO2)s1. The van der Waals surface area contributed by atoms with Gasteiger partial charge >= 0.3 is 6.03 Å². The lowest BCUT2D eigenvalue weighted by atomic mass is 10.1. The molecular formula is C13H21N3O4S2. The number of sulfonamides is 1. The standard InChI is InChI=1S/C13H21N3O4S2/c1-9(11-4-3-7-20-11)16-13(17)15-8-10-5-6-12(21-10)22(18,19)14-2/h5-6,9,11,14H,3-4,7-8H2,1-2H3,(H2,15,16,17)/t9-,11-/m0/s1. The average Bonchev–Trinajstić information content (AvgIpc) is 3.16. The molecule has 0 aliphatic carbocycles. The molecule has 1 fully saturated rings. The molecule has 2 atom stereocenters. The molecule has 7 nitrogen and oxygen atoms in total. The van der Waals surface area contributed by atoms with Crippen molar-refractivity contribution >= 4 is 27.4 Å². The summed E-state index contributed by atoms with van der Waals surface area (Å²) in [7, 11) is -2.05. The van der Waals surface area contributed by atoms with E-state index in [0.717, 1.165) is 35.7 Å². The van der Waals surface area contributed by atoms with Crippen LogP contribution in [-0.4, -0.2) is 40.2 Å². The fraction of sp³-hybridized carbons (Fsp3) is 0.615. The largest absolute Gasteiger partial charge is 0.376 e. The molecule has 0 radical (unpaired) electrons. The summed E-state index contributed by atoms with van der Waals surface area (Å²) in [4.78, 5) is 12.6. The number of amides is 2. The van der Waals surface area contributed by atoms with Crippen LogP contribution in [0.1, 0.15) is 24.6 Å². The molecule has 1 aliphatic rings. The molecule has 2 rings (SSSR count). The number of urea groups is 1. The number of ether oxygens (including phenoxy) is 1. The fourth-order valence-electron chi connectivity index (χ4n) is 2.21. The van der Waals surface area contributed by atoms with Gasteiger partial charge in [-0.05, 0) is 38.9 Å². The smallest absolute Gasteiger partial charge is 0.315 e. The van der Waals surface area contributed by atoms with Crippen molar-refractivity contribution in [3.05, 3.63) is 17.0 Å². The molecule has 124 valence electrons. The van der Waals surface area contributed by atoms with Gasteiger partial charge in [-0.15, -0.1) is 11.3 Å². The second kappa shape index (κ2) is 7.40. The van der Waals surface area contributed by atoms with Crippen LogP contribution in [0.2, 0.25) is 0 Å². The summed E-state index contributed by atoms with van der Waals surface area (Å²) in [5.74, 6) is 0. The molecule has 22 heavy (non-hydrogen) atoms. The van der Waals surface area contributed by atoms with Crippen molar-refractivity contribution in [2.45, 2.75) is 42.7 Å². The highest BCUT2D eigenvalue weighted by Crippen LogP contribution is 2.21. The number of carbonyl (C=O) groups is 1. The van der Waals surface area contributed by atoms with Crippen molar-refractivity contribution in [1.82, 2.24) is 15.4 Å². The molecular weight excluding hydrogens is 326 g/mol. The molecule has 0 spiro atoms. The number of carbonyl (C=O) groups excluding carboxylic acids is 1. The van der Waals surface area contributed by atoms with Gasteiger partial charge in [0.1, 0.15) is 4.21 Å². The Balaban J connectivity index is 1.81. The van der Waals surface area contributed by atoms with E-state index < -0.39 is 10.0 Å². The van der Waals surface area contributed by atoms with Crippen molar-refractivity contribution in [2.24, 2.45) is 0 Å². The Morgan fingerprint density at radius 3 is 2.91 bits per heavy atom. The van der Waals surface area contributed by atoms with Crippen molar-refractivity contribution in [3.8, 4) is 0 Å². The van der Waals surface area contributed by atoms with Gasteiger partial charge in [-0.2, -0.15) is 0 Å². The van der Waals surface area contributed by atoms with Crippen LogP contribution in [0.4, 0.5) is 4.79 Å². The van der Waals surface area contributed by atoms with E-state index in [0.29, 0.717) is 0 Å². The Kier molecular flexibility index (Phi) is 5.79. The van der Waals surface area contributed by atoms with Crippen LogP contribution in [0.3, 0.4) is 0 Å². The summed E-state index contributed by atoms with van der Waals surface area (Å²) in [6.07, 6.45) is 2.05. The molecule has 0 unspecified atom stereocenters. The minimum Gasteiger partial charge on any atom is -0.376 e. The van der Waals surface area contributed by atoms with E-state index >= 15 is 0 Å². The van der Waals surface area contributed by atoms with Crippen molar-refractivity contribution in [1.29, 1.82) is 0 Å². The van der Waals surface area contributed by atoms with Gasteiger partial charge in [0.05, 0.1) is 18.7 Å². The summed E-state index contributed by atoms with van der Waals surface area (Å²) in [6, 6.07) is 2.89. The normalized spacial score (nSPS) is 19.8. The highest BCUT2D eigenvalue weighted by Gasteiger charge is 2.23. The molecule has 2 amide bonds. The summed E-state index contributed by atoms with van der Waals surface area (Å²) in [6.45, 7) is 2.95. The third-order valence-electron chi connectivity index (χ3n) is 3.48. The van der Waals surface area contributed by atoms with Crippen molar-refractivity contribution in [3.63, 3.8) is 0 Å². The Labute approximate surface area is 134 Å². The van der Waals surface area contributed by atoms with Crippen LogP contribution < -0.4 is 15.4 Å². The maximum absolute atomic E-state index is 11.8. The van der Waals surface area contributed by atoms with Crippen LogP contribution in [0, 0.1) is 0 Å². The molecule has 1 aliphatic heterocycles. The lowest BCUT2D eigenvalue weighted by Gasteiger charge is -2.20. The van der Waals surface area contributed by atoms with Gasteiger partial charge in [0, 0.05) is 11.5 Å². The number of thiophene rings is 1. The van der Waals surface area contributed by atoms with Gasteiger partial charge in [0.2, 0.25) is 10.0 Å². The molecule has 0 aromatic carbocycles. The molecule has 9 heteroatoms. The van der Waals surface area contributed by atoms with Crippen LogP contribution in [0.25, 0.3) is 0 Å². The maximum atomic E-state index is 11.8. The Morgan fingerprint density at radius 1 is 1.50 bits per heavy atom. The van der Waals surface area contributed by atoms with E-state index in [1.165, 1.54) is 13.1 Å². The van der Waals surface area contributed by atoms with E-state index in [2.05, 4.69) is 15.4 Å². The minimum absolute atomic E-state index is 0.0499. The predicted molar refractivity (Wildman–Crippen MR) is 84.4 cm³/mol. The molecule has 3 N–H and O–H groups in total. The molecule has 1 aromatic rings. The van der Waals surface area contributed by atoms with E-state index in [1.807, 2.05) is 6.92 Å². The lowest BCUT2D eigenvalue weighted by molar-refractivity contribution is 0.0860. The first-order valence-corrected chi connectivity index (χ1v) is 9.40. The molecule has 1 aromatic heterocycles. The highest BCUT2D eigenvalue weighted by molar-refractivity contribution is 7.91.